The Morgan fingerprint density at radius 3 is 2.76 bits per heavy atom. The summed E-state index contributed by atoms with van der Waals surface area (Å²) in [6, 6.07) is 5.35. The first-order valence-corrected chi connectivity index (χ1v) is 8.34. The molecular weight excluding hydrogens is 320 g/mol. The minimum absolute atomic E-state index is 0.144. The summed E-state index contributed by atoms with van der Waals surface area (Å²) in [5.41, 5.74) is 1.96. The highest BCUT2D eigenvalue weighted by atomic mass is 16.5. The Morgan fingerprint density at radius 1 is 1.32 bits per heavy atom. The number of oxazole rings is 1. The number of aromatic hydroxyl groups is 1. The van der Waals surface area contributed by atoms with Crippen LogP contribution in [0.3, 0.4) is 0 Å². The standard InChI is InChI=1S/C18H26N4O3/c1-5-19-18(21-11-17-22-12(2)13(3)25-17)20-9-8-14-6-7-15(23)16(10-14)24-4/h6-7,10,23H,5,8-9,11H2,1-4H3,(H2,19,20,21). The second kappa shape index (κ2) is 8.96. The molecule has 0 amide bonds. The van der Waals surface area contributed by atoms with Crippen molar-refractivity contribution in [3.8, 4) is 11.5 Å². The van der Waals surface area contributed by atoms with Gasteiger partial charge in [0.25, 0.3) is 0 Å². The number of aromatic nitrogens is 1. The Kier molecular flexibility index (Phi) is 6.68. The first-order chi connectivity index (χ1) is 12.0. The van der Waals surface area contributed by atoms with Crippen LogP contribution in [0.4, 0.5) is 0 Å². The van der Waals surface area contributed by atoms with Crippen LogP contribution in [0.25, 0.3) is 0 Å². The van der Waals surface area contributed by atoms with Crippen molar-refractivity contribution in [2.75, 3.05) is 20.2 Å². The largest absolute Gasteiger partial charge is 0.504 e. The van der Waals surface area contributed by atoms with Gasteiger partial charge < -0.3 is 24.9 Å². The van der Waals surface area contributed by atoms with Gasteiger partial charge in [-0.1, -0.05) is 6.07 Å². The summed E-state index contributed by atoms with van der Waals surface area (Å²) >= 11 is 0. The molecule has 0 atom stereocenters. The molecular formula is C18H26N4O3. The van der Waals surface area contributed by atoms with Crippen molar-refractivity contribution >= 4 is 5.96 Å². The van der Waals surface area contributed by atoms with Gasteiger partial charge in [-0.3, -0.25) is 0 Å². The monoisotopic (exact) mass is 346 g/mol. The Labute approximate surface area is 148 Å². The zero-order valence-corrected chi connectivity index (χ0v) is 15.2. The van der Waals surface area contributed by atoms with Gasteiger partial charge in [0, 0.05) is 13.1 Å². The Hall–Kier alpha value is -2.70. The van der Waals surface area contributed by atoms with Crippen molar-refractivity contribution < 1.29 is 14.3 Å². The molecule has 0 spiro atoms. The summed E-state index contributed by atoms with van der Waals surface area (Å²) in [5, 5.41) is 16.1. The highest BCUT2D eigenvalue weighted by molar-refractivity contribution is 5.79. The van der Waals surface area contributed by atoms with E-state index in [2.05, 4.69) is 20.6 Å². The molecule has 7 nitrogen and oxygen atoms in total. The molecule has 3 N–H and O–H groups in total. The van der Waals surface area contributed by atoms with Gasteiger partial charge in [0.1, 0.15) is 12.3 Å². The maximum atomic E-state index is 9.63. The number of aryl methyl sites for hydroxylation is 2. The van der Waals surface area contributed by atoms with Crippen LogP contribution in [0.5, 0.6) is 11.5 Å². The molecule has 0 aliphatic carbocycles. The van der Waals surface area contributed by atoms with Crippen LogP contribution in [0.2, 0.25) is 0 Å². The number of rotatable bonds is 7. The molecule has 0 bridgehead atoms. The minimum Gasteiger partial charge on any atom is -0.504 e. The lowest BCUT2D eigenvalue weighted by Gasteiger charge is -2.11. The fourth-order valence-corrected chi connectivity index (χ4v) is 2.30. The zero-order valence-electron chi connectivity index (χ0n) is 15.2. The normalized spacial score (nSPS) is 11.4. The fraction of sp³-hybridized carbons (Fsp3) is 0.444. The van der Waals surface area contributed by atoms with E-state index < -0.39 is 0 Å². The number of methoxy groups -OCH3 is 1. The maximum Gasteiger partial charge on any atom is 0.216 e. The van der Waals surface area contributed by atoms with Crippen molar-refractivity contribution in [2.45, 2.75) is 33.7 Å². The van der Waals surface area contributed by atoms with E-state index in [0.29, 0.717) is 30.7 Å². The zero-order chi connectivity index (χ0) is 18.2. The van der Waals surface area contributed by atoms with Crippen molar-refractivity contribution in [1.29, 1.82) is 0 Å². The van der Waals surface area contributed by atoms with E-state index in [9.17, 15) is 5.11 Å². The number of benzene rings is 1. The maximum absolute atomic E-state index is 9.63. The Morgan fingerprint density at radius 2 is 2.12 bits per heavy atom. The van der Waals surface area contributed by atoms with E-state index in [4.69, 9.17) is 9.15 Å². The number of nitrogens with one attached hydrogen (secondary N) is 2. The summed E-state index contributed by atoms with van der Waals surface area (Å²) < 4.78 is 10.7. The molecule has 0 saturated heterocycles. The van der Waals surface area contributed by atoms with Gasteiger partial charge in [0.2, 0.25) is 5.89 Å². The SMILES string of the molecule is CCNC(=NCc1nc(C)c(C)o1)NCCc1ccc(O)c(OC)c1. The molecule has 1 heterocycles. The first kappa shape index (κ1) is 18.6. The molecule has 1 aromatic heterocycles. The van der Waals surface area contributed by atoms with Crippen molar-refractivity contribution in [1.82, 2.24) is 15.6 Å². The topological polar surface area (TPSA) is 91.9 Å². The van der Waals surface area contributed by atoms with Crippen molar-refractivity contribution in [3.05, 3.63) is 41.1 Å². The van der Waals surface area contributed by atoms with E-state index in [1.165, 1.54) is 0 Å². The van der Waals surface area contributed by atoms with Crippen molar-refractivity contribution in [3.63, 3.8) is 0 Å². The second-order valence-electron chi connectivity index (χ2n) is 5.63. The first-order valence-electron chi connectivity index (χ1n) is 8.34. The predicted octanol–water partition coefficient (Wildman–Crippen LogP) is 2.30. The van der Waals surface area contributed by atoms with E-state index in [-0.39, 0.29) is 5.75 Å². The average molecular weight is 346 g/mol. The molecule has 0 unspecified atom stereocenters. The van der Waals surface area contributed by atoms with Gasteiger partial charge >= 0.3 is 0 Å². The van der Waals surface area contributed by atoms with E-state index in [1.807, 2.05) is 32.9 Å². The van der Waals surface area contributed by atoms with Gasteiger partial charge in [-0.15, -0.1) is 0 Å². The van der Waals surface area contributed by atoms with E-state index in [1.54, 1.807) is 13.2 Å². The molecule has 2 aromatic rings. The molecule has 0 saturated carbocycles. The number of guanidine groups is 1. The molecule has 7 heteroatoms. The molecule has 1 aromatic carbocycles. The molecule has 0 aliphatic rings. The predicted molar refractivity (Wildman–Crippen MR) is 97.2 cm³/mol. The average Bonchev–Trinajstić information content (AvgIpc) is 2.92. The third-order valence-corrected chi connectivity index (χ3v) is 3.74. The van der Waals surface area contributed by atoms with Crippen molar-refractivity contribution in [2.24, 2.45) is 4.99 Å². The third kappa shape index (κ3) is 5.41. The lowest BCUT2D eigenvalue weighted by Crippen LogP contribution is -2.38. The number of nitrogens with zero attached hydrogens (tertiary/aromatic N) is 2. The van der Waals surface area contributed by atoms with E-state index >= 15 is 0 Å². The molecule has 0 aliphatic heterocycles. The summed E-state index contributed by atoms with van der Waals surface area (Å²) in [5.74, 6) is 2.76. The molecule has 2 rings (SSSR count). The van der Waals surface area contributed by atoms with Crippen LogP contribution in [0.1, 0.15) is 29.8 Å². The Balaban J connectivity index is 1.91. The molecule has 0 radical (unpaired) electrons. The van der Waals surface area contributed by atoms with E-state index in [0.717, 1.165) is 30.0 Å². The smallest absolute Gasteiger partial charge is 0.216 e. The van der Waals surface area contributed by atoms with Crippen LogP contribution in [-0.4, -0.2) is 36.2 Å². The highest BCUT2D eigenvalue weighted by Crippen LogP contribution is 2.26. The quantitative estimate of drug-likeness (QED) is 0.526. The van der Waals surface area contributed by atoms with Crippen LogP contribution in [0.15, 0.2) is 27.6 Å². The number of aliphatic imine (C=N–C) groups is 1. The van der Waals surface area contributed by atoms with Gasteiger partial charge in [-0.25, -0.2) is 9.98 Å². The van der Waals surface area contributed by atoms with Crippen LogP contribution in [0, 0.1) is 13.8 Å². The number of hydrogen-bond donors (Lipinski definition) is 3. The lowest BCUT2D eigenvalue weighted by atomic mass is 10.1. The summed E-state index contributed by atoms with van der Waals surface area (Å²) in [6.07, 6.45) is 0.776. The van der Waals surface area contributed by atoms with Gasteiger partial charge in [0.15, 0.2) is 17.5 Å². The summed E-state index contributed by atoms with van der Waals surface area (Å²) in [7, 11) is 1.54. The number of phenols is 1. The molecule has 25 heavy (non-hydrogen) atoms. The number of phenolic OH excluding ortho intramolecular Hbond substituents is 1. The summed E-state index contributed by atoms with van der Waals surface area (Å²) in [6.45, 7) is 7.68. The van der Waals surface area contributed by atoms with Gasteiger partial charge in [-0.05, 0) is 44.9 Å². The minimum atomic E-state index is 0.144. The van der Waals surface area contributed by atoms with Crippen LogP contribution in [-0.2, 0) is 13.0 Å². The molecule has 0 fully saturated rings. The fourth-order valence-electron chi connectivity index (χ4n) is 2.30. The summed E-state index contributed by atoms with van der Waals surface area (Å²) in [4.78, 5) is 8.82. The Bertz CT molecular complexity index is 706. The number of ether oxygens (including phenoxy) is 1. The van der Waals surface area contributed by atoms with Gasteiger partial charge in [0.05, 0.1) is 12.8 Å². The van der Waals surface area contributed by atoms with Gasteiger partial charge in [-0.2, -0.15) is 0 Å². The second-order valence-corrected chi connectivity index (χ2v) is 5.63. The highest BCUT2D eigenvalue weighted by Gasteiger charge is 2.06. The lowest BCUT2D eigenvalue weighted by molar-refractivity contribution is 0.373. The third-order valence-electron chi connectivity index (χ3n) is 3.74. The van der Waals surface area contributed by atoms with Crippen LogP contribution < -0.4 is 15.4 Å². The number of hydrogen-bond acceptors (Lipinski definition) is 5. The van der Waals surface area contributed by atoms with Crippen LogP contribution >= 0.6 is 0 Å². The molecule has 136 valence electrons.